The third-order valence-corrected chi connectivity index (χ3v) is 5.37. The molecule has 0 unspecified atom stereocenters. The van der Waals surface area contributed by atoms with Crippen molar-refractivity contribution in [3.63, 3.8) is 0 Å². The molecule has 3 rings (SSSR count). The predicted molar refractivity (Wildman–Crippen MR) is 86.4 cm³/mol. The minimum absolute atomic E-state index is 0.0311. The van der Waals surface area contributed by atoms with Gasteiger partial charge in [-0.1, -0.05) is 5.16 Å². The highest BCUT2D eigenvalue weighted by molar-refractivity contribution is 7.92. The second kappa shape index (κ2) is 6.42. The molecule has 0 aliphatic heterocycles. The molecule has 0 radical (unpaired) electrons. The van der Waals surface area contributed by atoms with Gasteiger partial charge in [0.05, 0.1) is 34.3 Å². The van der Waals surface area contributed by atoms with Gasteiger partial charge in [-0.3, -0.25) is 9.52 Å². The topological polar surface area (TPSA) is 89.3 Å². The first-order valence-electron chi connectivity index (χ1n) is 7.82. The fourth-order valence-corrected chi connectivity index (χ4v) is 3.22. The van der Waals surface area contributed by atoms with Crippen molar-refractivity contribution >= 4 is 21.5 Å². The van der Waals surface area contributed by atoms with Gasteiger partial charge in [0.15, 0.2) is 5.78 Å². The Morgan fingerprint density at radius 2 is 2.04 bits per heavy atom. The number of nitrogens with zero attached hydrogens (tertiary/aromatic N) is 1. The SMILES string of the molecule is CCS(=O)(=O)Nc1cc(C(F)(F)F)cc(C2CC2)c1C(=O)c1cnoc1. The molecule has 0 bridgehead atoms. The Balaban J connectivity index is 2.23. The van der Waals surface area contributed by atoms with Crippen molar-refractivity contribution in [1.82, 2.24) is 5.16 Å². The molecule has 1 heterocycles. The summed E-state index contributed by atoms with van der Waals surface area (Å²) in [5, 5.41) is 3.42. The number of alkyl halides is 3. The molecule has 6 nitrogen and oxygen atoms in total. The van der Waals surface area contributed by atoms with Crippen LogP contribution in [0.1, 0.15) is 52.7 Å². The van der Waals surface area contributed by atoms with E-state index in [4.69, 9.17) is 0 Å². The lowest BCUT2D eigenvalue weighted by atomic mass is 9.93. The van der Waals surface area contributed by atoms with E-state index in [1.165, 1.54) is 6.92 Å². The number of aromatic nitrogens is 1. The molecule has 0 amide bonds. The fraction of sp³-hybridized carbons (Fsp3) is 0.375. The van der Waals surface area contributed by atoms with E-state index in [0.717, 1.165) is 18.5 Å². The van der Waals surface area contributed by atoms with Crippen molar-refractivity contribution in [2.24, 2.45) is 0 Å². The summed E-state index contributed by atoms with van der Waals surface area (Å²) in [5.74, 6) is -1.21. The van der Waals surface area contributed by atoms with Gasteiger partial charge in [0.25, 0.3) is 0 Å². The van der Waals surface area contributed by atoms with E-state index in [-0.39, 0.29) is 34.0 Å². The molecule has 0 saturated heterocycles. The van der Waals surface area contributed by atoms with Gasteiger partial charge in [0, 0.05) is 0 Å². The van der Waals surface area contributed by atoms with Crippen molar-refractivity contribution in [1.29, 1.82) is 0 Å². The molecular weight excluding hydrogens is 373 g/mol. The molecule has 1 aliphatic rings. The van der Waals surface area contributed by atoms with Gasteiger partial charge < -0.3 is 4.52 Å². The summed E-state index contributed by atoms with van der Waals surface area (Å²) in [7, 11) is -3.89. The Bertz CT molecular complexity index is 933. The lowest BCUT2D eigenvalue weighted by Gasteiger charge is -2.18. The number of anilines is 1. The van der Waals surface area contributed by atoms with Crippen molar-refractivity contribution in [3.05, 3.63) is 46.8 Å². The zero-order valence-electron chi connectivity index (χ0n) is 13.6. The number of carbonyl (C=O) groups is 1. The molecule has 1 aliphatic carbocycles. The van der Waals surface area contributed by atoms with Gasteiger partial charge >= 0.3 is 6.18 Å². The Morgan fingerprint density at radius 1 is 1.35 bits per heavy atom. The summed E-state index contributed by atoms with van der Waals surface area (Å²) in [6.45, 7) is 1.35. The van der Waals surface area contributed by atoms with E-state index >= 15 is 0 Å². The molecule has 2 aromatic rings. The zero-order chi connectivity index (χ0) is 19.1. The largest absolute Gasteiger partial charge is 0.416 e. The van der Waals surface area contributed by atoms with E-state index in [9.17, 15) is 26.4 Å². The zero-order valence-corrected chi connectivity index (χ0v) is 14.4. The molecule has 1 saturated carbocycles. The number of hydrogen-bond donors (Lipinski definition) is 1. The van der Waals surface area contributed by atoms with Gasteiger partial charge in [0.1, 0.15) is 6.26 Å². The second-order valence-corrected chi connectivity index (χ2v) is 8.02. The number of nitrogens with one attached hydrogen (secondary N) is 1. The maximum atomic E-state index is 13.3. The Labute approximate surface area is 147 Å². The first-order valence-corrected chi connectivity index (χ1v) is 9.47. The summed E-state index contributed by atoms with van der Waals surface area (Å²) in [5.41, 5.74) is -1.27. The average molecular weight is 388 g/mol. The predicted octanol–water partition coefficient (Wildman–Crippen LogP) is 3.56. The normalized spacial score (nSPS) is 15.1. The van der Waals surface area contributed by atoms with Crippen LogP contribution < -0.4 is 4.72 Å². The van der Waals surface area contributed by atoms with Crippen molar-refractivity contribution in [2.45, 2.75) is 31.9 Å². The summed E-state index contributed by atoms with van der Waals surface area (Å²) in [6.07, 6.45) is -1.21. The van der Waals surface area contributed by atoms with Crippen LogP contribution >= 0.6 is 0 Å². The first kappa shape index (κ1) is 18.4. The average Bonchev–Trinajstić information content (AvgIpc) is 3.26. The lowest BCUT2D eigenvalue weighted by molar-refractivity contribution is -0.137. The van der Waals surface area contributed by atoms with Crippen LogP contribution in [0.2, 0.25) is 0 Å². The van der Waals surface area contributed by atoms with Crippen LogP contribution in [0.4, 0.5) is 18.9 Å². The van der Waals surface area contributed by atoms with Crippen LogP contribution in [0, 0.1) is 0 Å². The van der Waals surface area contributed by atoms with E-state index in [1.807, 2.05) is 0 Å². The standard InChI is InChI=1S/C16H15F3N2O4S/c1-2-26(23,24)21-13-6-11(16(17,18)19)5-12(9-3-4-9)14(13)15(22)10-7-20-25-8-10/h5-9,21H,2-4H2,1H3. The number of hydrogen-bond acceptors (Lipinski definition) is 5. The molecule has 140 valence electrons. The number of sulfonamides is 1. The number of halogens is 3. The molecule has 10 heteroatoms. The number of benzene rings is 1. The maximum Gasteiger partial charge on any atom is 0.416 e. The highest BCUT2D eigenvalue weighted by Crippen LogP contribution is 2.46. The molecular formula is C16H15F3N2O4S. The molecule has 1 fully saturated rings. The number of carbonyl (C=O) groups excluding carboxylic acids is 1. The quantitative estimate of drug-likeness (QED) is 0.765. The van der Waals surface area contributed by atoms with Crippen LogP contribution in [0.3, 0.4) is 0 Å². The number of rotatable bonds is 6. The minimum Gasteiger partial charge on any atom is -0.364 e. The van der Waals surface area contributed by atoms with Crippen LogP contribution in [-0.2, 0) is 16.2 Å². The minimum atomic E-state index is -4.67. The Kier molecular flexibility index (Phi) is 4.55. The third kappa shape index (κ3) is 3.74. The van der Waals surface area contributed by atoms with Gasteiger partial charge in [-0.15, -0.1) is 0 Å². The smallest absolute Gasteiger partial charge is 0.364 e. The van der Waals surface area contributed by atoms with Crippen molar-refractivity contribution in [3.8, 4) is 0 Å². The van der Waals surface area contributed by atoms with Gasteiger partial charge in [0.2, 0.25) is 10.0 Å². The molecule has 1 aromatic heterocycles. The molecule has 26 heavy (non-hydrogen) atoms. The number of ketones is 1. The van der Waals surface area contributed by atoms with E-state index in [1.54, 1.807) is 0 Å². The fourth-order valence-electron chi connectivity index (χ4n) is 2.58. The highest BCUT2D eigenvalue weighted by Gasteiger charge is 2.37. The van der Waals surface area contributed by atoms with Crippen LogP contribution in [0.15, 0.2) is 29.1 Å². The van der Waals surface area contributed by atoms with Gasteiger partial charge in [-0.2, -0.15) is 13.2 Å². The lowest BCUT2D eigenvalue weighted by Crippen LogP contribution is -2.20. The molecule has 1 N–H and O–H groups in total. The third-order valence-electron chi connectivity index (χ3n) is 4.08. The summed E-state index contributed by atoms with van der Waals surface area (Å²) in [6, 6.07) is 1.57. The molecule has 0 atom stereocenters. The van der Waals surface area contributed by atoms with Gasteiger partial charge in [-0.05, 0) is 43.4 Å². The summed E-state index contributed by atoms with van der Waals surface area (Å²) in [4.78, 5) is 12.8. The Hall–Kier alpha value is -2.36. The van der Waals surface area contributed by atoms with Crippen molar-refractivity contribution < 1.29 is 30.9 Å². The summed E-state index contributed by atoms with van der Waals surface area (Å²) < 4.78 is 70.4. The highest BCUT2D eigenvalue weighted by atomic mass is 32.2. The molecule has 1 aromatic carbocycles. The maximum absolute atomic E-state index is 13.3. The van der Waals surface area contributed by atoms with Gasteiger partial charge in [-0.25, -0.2) is 8.42 Å². The van der Waals surface area contributed by atoms with E-state index < -0.39 is 27.5 Å². The Morgan fingerprint density at radius 3 is 2.54 bits per heavy atom. The van der Waals surface area contributed by atoms with Crippen LogP contribution in [0.25, 0.3) is 0 Å². The summed E-state index contributed by atoms with van der Waals surface area (Å²) >= 11 is 0. The van der Waals surface area contributed by atoms with Crippen LogP contribution in [-0.4, -0.2) is 25.1 Å². The monoisotopic (exact) mass is 388 g/mol. The first-order chi connectivity index (χ1) is 12.1. The van der Waals surface area contributed by atoms with Crippen LogP contribution in [0.5, 0.6) is 0 Å². The molecule has 0 spiro atoms. The van der Waals surface area contributed by atoms with E-state index in [2.05, 4.69) is 14.4 Å². The second-order valence-electron chi connectivity index (χ2n) is 6.01. The van der Waals surface area contributed by atoms with E-state index in [0.29, 0.717) is 18.9 Å². The van der Waals surface area contributed by atoms with Crippen molar-refractivity contribution in [2.75, 3.05) is 10.5 Å².